The number of anilines is 1. The molecule has 0 radical (unpaired) electrons. The van der Waals surface area contributed by atoms with Crippen molar-refractivity contribution in [3.05, 3.63) is 62.9 Å². The normalized spacial score (nSPS) is 23.3. The number of carbonyl (C=O) groups excluding carboxylic acids is 2. The van der Waals surface area contributed by atoms with E-state index in [9.17, 15) is 14.4 Å². The lowest BCUT2D eigenvalue weighted by molar-refractivity contribution is -0.124. The second-order valence-corrected chi connectivity index (χ2v) is 7.14. The summed E-state index contributed by atoms with van der Waals surface area (Å²) >= 11 is 0. The van der Waals surface area contributed by atoms with Crippen molar-refractivity contribution >= 4 is 17.4 Å². The highest BCUT2D eigenvalue weighted by molar-refractivity contribution is 6.19. The summed E-state index contributed by atoms with van der Waals surface area (Å²) in [5.41, 5.74) is -0.259. The first-order valence-electron chi connectivity index (χ1n) is 8.90. The third-order valence-electron chi connectivity index (χ3n) is 5.63. The second-order valence-electron chi connectivity index (χ2n) is 7.14. The van der Waals surface area contributed by atoms with E-state index in [0.717, 1.165) is 0 Å². The van der Waals surface area contributed by atoms with Crippen LogP contribution in [0.2, 0.25) is 0 Å². The van der Waals surface area contributed by atoms with Crippen LogP contribution < -0.4 is 15.2 Å². The summed E-state index contributed by atoms with van der Waals surface area (Å²) in [7, 11) is 1.66. The largest absolute Gasteiger partial charge is 0.442 e. The molecular formula is C20H17N3O4. The van der Waals surface area contributed by atoms with Crippen LogP contribution in [0.1, 0.15) is 36.2 Å². The van der Waals surface area contributed by atoms with Crippen LogP contribution in [0.5, 0.6) is 5.88 Å². The van der Waals surface area contributed by atoms with Crippen LogP contribution >= 0.6 is 0 Å². The average molecular weight is 363 g/mol. The Morgan fingerprint density at radius 3 is 2.78 bits per heavy atom. The highest BCUT2D eigenvalue weighted by Gasteiger charge is 2.61. The highest BCUT2D eigenvalue weighted by Crippen LogP contribution is 2.55. The van der Waals surface area contributed by atoms with Gasteiger partial charge in [-0.25, -0.2) is 0 Å². The Labute approximate surface area is 154 Å². The zero-order valence-corrected chi connectivity index (χ0v) is 15.0. The molecule has 0 bridgehead atoms. The first-order chi connectivity index (χ1) is 13.0. The molecule has 1 aliphatic carbocycles. The molecule has 2 aromatic rings. The van der Waals surface area contributed by atoms with E-state index in [2.05, 4.69) is 9.97 Å². The molecule has 7 heteroatoms. The van der Waals surface area contributed by atoms with Gasteiger partial charge < -0.3 is 14.6 Å². The molecule has 136 valence electrons. The summed E-state index contributed by atoms with van der Waals surface area (Å²) in [6.07, 6.45) is 1.52. The third-order valence-corrected chi connectivity index (χ3v) is 5.63. The zero-order chi connectivity index (χ0) is 18.9. The van der Waals surface area contributed by atoms with Gasteiger partial charge in [-0.2, -0.15) is 4.98 Å². The van der Waals surface area contributed by atoms with Crippen LogP contribution in [0.15, 0.2) is 40.4 Å². The molecule has 3 aliphatic rings. The van der Waals surface area contributed by atoms with Crippen molar-refractivity contribution in [1.82, 2.24) is 9.97 Å². The van der Waals surface area contributed by atoms with Crippen molar-refractivity contribution in [2.75, 3.05) is 11.9 Å². The van der Waals surface area contributed by atoms with Gasteiger partial charge in [-0.05, 0) is 19.4 Å². The van der Waals surface area contributed by atoms with Crippen LogP contribution in [0, 0.1) is 6.92 Å². The Morgan fingerprint density at radius 1 is 1.19 bits per heavy atom. The molecule has 27 heavy (non-hydrogen) atoms. The molecule has 1 atom stereocenters. The molecule has 1 aromatic heterocycles. The van der Waals surface area contributed by atoms with E-state index in [1.807, 2.05) is 18.2 Å². The van der Waals surface area contributed by atoms with Crippen molar-refractivity contribution in [3.63, 3.8) is 0 Å². The van der Waals surface area contributed by atoms with E-state index >= 15 is 0 Å². The molecule has 1 spiro atoms. The Kier molecular flexibility index (Phi) is 3.05. The number of aromatic nitrogens is 2. The number of rotatable bonds is 0. The Balaban J connectivity index is 1.99. The number of hydrogen-bond donors (Lipinski definition) is 1. The van der Waals surface area contributed by atoms with Gasteiger partial charge in [0.2, 0.25) is 11.8 Å². The molecular weight excluding hydrogens is 346 g/mol. The number of Topliss-reactive ketones (excluding diaryl/α,β-unsaturated/α-hetero) is 1. The number of aromatic amines is 1. The summed E-state index contributed by atoms with van der Waals surface area (Å²) in [4.78, 5) is 48.2. The number of benzene rings is 1. The number of para-hydroxylation sites is 1. The Morgan fingerprint density at radius 2 is 1.96 bits per heavy atom. The average Bonchev–Trinajstić information content (AvgIpc) is 2.84. The van der Waals surface area contributed by atoms with Crippen molar-refractivity contribution in [2.24, 2.45) is 0 Å². The summed E-state index contributed by atoms with van der Waals surface area (Å²) in [5.74, 6) is 0.484. The number of ether oxygens (including phenoxy) is 1. The number of nitrogens with zero attached hydrogens (tertiary/aromatic N) is 2. The van der Waals surface area contributed by atoms with Crippen LogP contribution in [-0.4, -0.2) is 28.7 Å². The minimum atomic E-state index is -1.50. The van der Waals surface area contributed by atoms with Crippen molar-refractivity contribution in [1.29, 1.82) is 0 Å². The fourth-order valence-corrected chi connectivity index (χ4v) is 4.58. The summed E-state index contributed by atoms with van der Waals surface area (Å²) in [6.45, 7) is 1.66. The van der Waals surface area contributed by atoms with Crippen LogP contribution in [0.4, 0.5) is 5.69 Å². The number of nitrogens with one attached hydrogen (secondary N) is 1. The first kappa shape index (κ1) is 16.0. The molecule has 3 heterocycles. The number of H-pyrrole nitrogens is 1. The van der Waals surface area contributed by atoms with Crippen molar-refractivity contribution in [3.8, 4) is 5.88 Å². The van der Waals surface area contributed by atoms with E-state index in [1.54, 1.807) is 20.0 Å². The number of ketones is 1. The maximum absolute atomic E-state index is 13.6. The number of aryl methyl sites for hydroxylation is 1. The quantitative estimate of drug-likeness (QED) is 0.770. The van der Waals surface area contributed by atoms with Crippen LogP contribution in [-0.2, 0) is 15.0 Å². The molecule has 0 saturated heterocycles. The molecule has 0 fully saturated rings. The Bertz CT molecular complexity index is 1130. The molecule has 0 saturated carbocycles. The lowest BCUT2D eigenvalue weighted by Gasteiger charge is -2.37. The predicted octanol–water partition coefficient (Wildman–Crippen LogP) is 1.74. The van der Waals surface area contributed by atoms with E-state index in [-0.39, 0.29) is 23.1 Å². The van der Waals surface area contributed by atoms with Gasteiger partial charge in [0.25, 0.3) is 5.56 Å². The molecule has 1 unspecified atom stereocenters. The second kappa shape index (κ2) is 5.16. The number of likely N-dealkylation sites (N-methyl/N-ethyl adjacent to an activating group) is 1. The standard InChI is InChI=1S/C20H17N3O4/c1-10-21-17(25)16-18(22-10)27-14-9-5-8-13(24)15(14)20(16)11-6-3-4-7-12(11)23(2)19(20)26/h3-4,6-7H,5,8-9H2,1-2H3,(H,21,22,25). The van der Waals surface area contributed by atoms with Gasteiger partial charge >= 0.3 is 0 Å². The third kappa shape index (κ3) is 1.81. The number of fused-ring (bicyclic) bond motifs is 5. The summed E-state index contributed by atoms with van der Waals surface area (Å²) in [5, 5.41) is 0. The zero-order valence-electron chi connectivity index (χ0n) is 15.0. The molecule has 1 amide bonds. The summed E-state index contributed by atoms with van der Waals surface area (Å²) < 4.78 is 5.91. The van der Waals surface area contributed by atoms with E-state index in [1.165, 1.54) is 4.90 Å². The number of allylic oxidation sites excluding steroid dienone is 1. The predicted molar refractivity (Wildman–Crippen MR) is 96.7 cm³/mol. The monoisotopic (exact) mass is 363 g/mol. The SMILES string of the molecule is Cc1nc2c(c(=O)[nH]1)C1(C(=O)N(C)c3ccccc31)C1=C(CCCC1=O)O2. The molecule has 5 rings (SSSR count). The number of amides is 1. The number of hydrogen-bond acceptors (Lipinski definition) is 5. The van der Waals surface area contributed by atoms with Crippen LogP contribution in [0.25, 0.3) is 0 Å². The molecule has 2 aliphatic heterocycles. The molecule has 1 N–H and O–H groups in total. The van der Waals surface area contributed by atoms with E-state index < -0.39 is 11.0 Å². The minimum absolute atomic E-state index is 0.101. The van der Waals surface area contributed by atoms with Gasteiger partial charge in [0, 0.05) is 31.1 Å². The van der Waals surface area contributed by atoms with Gasteiger partial charge in [-0.15, -0.1) is 0 Å². The lowest BCUT2D eigenvalue weighted by Crippen LogP contribution is -2.50. The van der Waals surface area contributed by atoms with Crippen molar-refractivity contribution in [2.45, 2.75) is 31.6 Å². The fourth-order valence-electron chi connectivity index (χ4n) is 4.58. The minimum Gasteiger partial charge on any atom is -0.442 e. The van der Waals surface area contributed by atoms with E-state index in [0.29, 0.717) is 47.7 Å². The number of carbonyl (C=O) groups is 2. The first-order valence-corrected chi connectivity index (χ1v) is 8.90. The topological polar surface area (TPSA) is 92.4 Å². The van der Waals surface area contributed by atoms with E-state index in [4.69, 9.17) is 4.74 Å². The van der Waals surface area contributed by atoms with Gasteiger partial charge in [0.15, 0.2) is 5.78 Å². The van der Waals surface area contributed by atoms with Gasteiger partial charge in [0.1, 0.15) is 22.6 Å². The van der Waals surface area contributed by atoms with Gasteiger partial charge in [-0.3, -0.25) is 14.4 Å². The van der Waals surface area contributed by atoms with Gasteiger partial charge in [0.05, 0.1) is 5.57 Å². The fraction of sp³-hybridized carbons (Fsp3) is 0.300. The van der Waals surface area contributed by atoms with Crippen LogP contribution in [0.3, 0.4) is 0 Å². The van der Waals surface area contributed by atoms with Gasteiger partial charge in [-0.1, -0.05) is 18.2 Å². The lowest BCUT2D eigenvalue weighted by atomic mass is 9.65. The maximum Gasteiger partial charge on any atom is 0.259 e. The highest BCUT2D eigenvalue weighted by atomic mass is 16.5. The Hall–Kier alpha value is -3.22. The molecule has 1 aromatic carbocycles. The summed E-state index contributed by atoms with van der Waals surface area (Å²) in [6, 6.07) is 7.26. The smallest absolute Gasteiger partial charge is 0.259 e. The molecule has 7 nitrogen and oxygen atoms in total. The van der Waals surface area contributed by atoms with Crippen molar-refractivity contribution < 1.29 is 14.3 Å². The maximum atomic E-state index is 13.6.